The molecule has 1 aromatic heterocycles. The van der Waals surface area contributed by atoms with E-state index in [-0.39, 0.29) is 5.91 Å². The number of benzene rings is 3. The monoisotopic (exact) mass is 400 g/mol. The average molecular weight is 400 g/mol. The van der Waals surface area contributed by atoms with E-state index in [1.165, 1.54) is 17.6 Å². The number of carbonyl (C=O) groups excluding carboxylic acids is 2. The number of amides is 1. The minimum Gasteiger partial charge on any atom is -0.422 e. The van der Waals surface area contributed by atoms with Crippen LogP contribution in [0.15, 0.2) is 89.3 Å². The van der Waals surface area contributed by atoms with Gasteiger partial charge in [0.25, 0.3) is 5.91 Å². The molecule has 0 bridgehead atoms. The molecule has 0 atom stereocenters. The quantitative estimate of drug-likeness (QED) is 0.225. The van der Waals surface area contributed by atoms with Crippen LogP contribution in [0.4, 0.5) is 0 Å². The van der Waals surface area contributed by atoms with Gasteiger partial charge in [0, 0.05) is 5.56 Å². The molecule has 0 aliphatic rings. The highest BCUT2D eigenvalue weighted by Gasteiger charge is 2.13. The number of nitrogens with one attached hydrogen (secondary N) is 1. The molecule has 0 fully saturated rings. The third-order valence-electron chi connectivity index (χ3n) is 4.25. The summed E-state index contributed by atoms with van der Waals surface area (Å²) < 4.78 is 5.63. The van der Waals surface area contributed by atoms with Crippen molar-refractivity contribution in [2.75, 3.05) is 0 Å². The number of esters is 1. The van der Waals surface area contributed by atoms with Crippen molar-refractivity contribution >= 4 is 40.2 Å². The Balaban J connectivity index is 1.65. The summed E-state index contributed by atoms with van der Waals surface area (Å²) in [5.41, 5.74) is 3.57. The average Bonchev–Trinajstić information content (AvgIpc) is 3.30. The fraction of sp³-hybridized carbons (Fsp3) is 0. The van der Waals surface area contributed by atoms with Gasteiger partial charge >= 0.3 is 5.97 Å². The first kappa shape index (κ1) is 18.6. The van der Waals surface area contributed by atoms with Gasteiger partial charge in [0.2, 0.25) is 0 Å². The highest BCUT2D eigenvalue weighted by Crippen LogP contribution is 2.27. The number of ether oxygens (including phenoxy) is 1. The number of thiophene rings is 1. The zero-order chi connectivity index (χ0) is 20.1. The second-order valence-electron chi connectivity index (χ2n) is 6.13. The Morgan fingerprint density at radius 3 is 2.48 bits per heavy atom. The summed E-state index contributed by atoms with van der Waals surface area (Å²) in [5.74, 6) is -0.385. The zero-order valence-corrected chi connectivity index (χ0v) is 16.1. The van der Waals surface area contributed by atoms with Crippen LogP contribution in [0.5, 0.6) is 5.75 Å². The Morgan fingerprint density at radius 2 is 1.69 bits per heavy atom. The molecule has 5 nitrogen and oxygen atoms in total. The van der Waals surface area contributed by atoms with Gasteiger partial charge in [-0.2, -0.15) is 5.10 Å². The van der Waals surface area contributed by atoms with Crippen LogP contribution in [0.3, 0.4) is 0 Å². The van der Waals surface area contributed by atoms with Crippen molar-refractivity contribution in [1.82, 2.24) is 5.43 Å². The highest BCUT2D eigenvalue weighted by atomic mass is 32.1. The summed E-state index contributed by atoms with van der Waals surface area (Å²) in [6.07, 6.45) is 1.50. The molecular formula is C23H16N2O3S. The molecule has 0 saturated heterocycles. The number of carbonyl (C=O) groups is 2. The molecule has 29 heavy (non-hydrogen) atoms. The molecule has 0 saturated carbocycles. The molecule has 0 aliphatic heterocycles. The number of hydrogen-bond donors (Lipinski definition) is 1. The van der Waals surface area contributed by atoms with Crippen LogP contribution in [0.1, 0.15) is 25.6 Å². The zero-order valence-electron chi connectivity index (χ0n) is 15.2. The summed E-state index contributed by atoms with van der Waals surface area (Å²) in [7, 11) is 0. The van der Waals surface area contributed by atoms with Crippen molar-refractivity contribution in [3.05, 3.63) is 100 Å². The van der Waals surface area contributed by atoms with Gasteiger partial charge in [-0.15, -0.1) is 11.3 Å². The van der Waals surface area contributed by atoms with Gasteiger partial charge in [-0.25, -0.2) is 10.2 Å². The first-order chi connectivity index (χ1) is 14.2. The van der Waals surface area contributed by atoms with Crippen LogP contribution < -0.4 is 10.2 Å². The third kappa shape index (κ3) is 4.23. The molecule has 3 aromatic carbocycles. The van der Waals surface area contributed by atoms with Crippen LogP contribution >= 0.6 is 11.3 Å². The van der Waals surface area contributed by atoms with Gasteiger partial charge in [0.05, 0.1) is 16.7 Å². The molecule has 0 radical (unpaired) electrons. The molecule has 6 heteroatoms. The van der Waals surface area contributed by atoms with E-state index in [1.54, 1.807) is 42.5 Å². The second-order valence-corrected chi connectivity index (χ2v) is 7.08. The molecule has 0 unspecified atom stereocenters. The topological polar surface area (TPSA) is 67.8 Å². The van der Waals surface area contributed by atoms with E-state index >= 15 is 0 Å². The predicted octanol–water partition coefficient (Wildman–Crippen LogP) is 4.88. The van der Waals surface area contributed by atoms with Gasteiger partial charge in [-0.1, -0.05) is 54.6 Å². The Kier molecular flexibility index (Phi) is 5.45. The first-order valence-corrected chi connectivity index (χ1v) is 9.76. The first-order valence-electron chi connectivity index (χ1n) is 8.88. The minimum atomic E-state index is -0.460. The van der Waals surface area contributed by atoms with Crippen LogP contribution in [-0.2, 0) is 0 Å². The fourth-order valence-electron chi connectivity index (χ4n) is 2.85. The Bertz CT molecular complexity index is 1190. The van der Waals surface area contributed by atoms with Crippen LogP contribution in [0, 0.1) is 0 Å². The SMILES string of the molecule is O=C(Oc1ccc2ccccc2c1/C=N/NC(=O)c1cccs1)c1ccccc1. The van der Waals surface area contributed by atoms with Crippen molar-refractivity contribution in [1.29, 1.82) is 0 Å². The Morgan fingerprint density at radius 1 is 0.897 bits per heavy atom. The molecule has 4 rings (SSSR count). The van der Waals surface area contributed by atoms with E-state index in [2.05, 4.69) is 10.5 Å². The van der Waals surface area contributed by atoms with E-state index in [1.807, 2.05) is 41.8 Å². The maximum absolute atomic E-state index is 12.5. The molecule has 4 aromatic rings. The maximum atomic E-state index is 12.5. The summed E-state index contributed by atoms with van der Waals surface area (Å²) >= 11 is 1.33. The number of nitrogens with zero attached hydrogens (tertiary/aromatic N) is 1. The van der Waals surface area contributed by atoms with Crippen molar-refractivity contribution in [2.24, 2.45) is 5.10 Å². The van der Waals surface area contributed by atoms with Gasteiger partial charge in [-0.3, -0.25) is 4.79 Å². The lowest BCUT2D eigenvalue weighted by Crippen LogP contribution is -2.16. The van der Waals surface area contributed by atoms with Gasteiger partial charge in [0.15, 0.2) is 0 Å². The molecule has 1 N–H and O–H groups in total. The van der Waals surface area contributed by atoms with Crippen molar-refractivity contribution in [3.63, 3.8) is 0 Å². The lowest BCUT2D eigenvalue weighted by atomic mass is 10.0. The van der Waals surface area contributed by atoms with E-state index in [9.17, 15) is 9.59 Å². The Hall–Kier alpha value is -3.77. The van der Waals surface area contributed by atoms with Crippen molar-refractivity contribution in [2.45, 2.75) is 0 Å². The summed E-state index contributed by atoms with van der Waals surface area (Å²) in [5, 5.41) is 7.73. The van der Waals surface area contributed by atoms with Crippen LogP contribution in [0.2, 0.25) is 0 Å². The summed E-state index contributed by atoms with van der Waals surface area (Å²) in [6.45, 7) is 0. The molecule has 1 heterocycles. The standard InChI is InChI=1S/C23H16N2O3S/c26-22(21-11-6-14-29-21)25-24-15-19-18-10-5-4-7-16(18)12-13-20(19)28-23(27)17-8-2-1-3-9-17/h1-15H,(H,25,26)/b24-15+. The van der Waals surface area contributed by atoms with Gasteiger partial charge in [-0.05, 0) is 40.4 Å². The van der Waals surface area contributed by atoms with E-state index in [0.29, 0.717) is 21.8 Å². The lowest BCUT2D eigenvalue weighted by molar-refractivity contribution is 0.0734. The molecular weight excluding hydrogens is 384 g/mol. The maximum Gasteiger partial charge on any atom is 0.343 e. The van der Waals surface area contributed by atoms with Crippen LogP contribution in [0.25, 0.3) is 10.8 Å². The molecule has 0 spiro atoms. The van der Waals surface area contributed by atoms with Gasteiger partial charge in [0.1, 0.15) is 5.75 Å². The third-order valence-corrected chi connectivity index (χ3v) is 5.12. The number of hydrazone groups is 1. The predicted molar refractivity (Wildman–Crippen MR) is 115 cm³/mol. The normalized spacial score (nSPS) is 10.9. The van der Waals surface area contributed by atoms with Gasteiger partial charge < -0.3 is 4.74 Å². The number of rotatable bonds is 5. The van der Waals surface area contributed by atoms with Crippen molar-refractivity contribution in [3.8, 4) is 5.75 Å². The lowest BCUT2D eigenvalue weighted by Gasteiger charge is -2.10. The van der Waals surface area contributed by atoms with Crippen molar-refractivity contribution < 1.29 is 14.3 Å². The van der Waals surface area contributed by atoms with E-state index in [4.69, 9.17) is 4.74 Å². The number of hydrogen-bond acceptors (Lipinski definition) is 5. The number of fused-ring (bicyclic) bond motifs is 1. The van der Waals surface area contributed by atoms with E-state index in [0.717, 1.165) is 10.8 Å². The smallest absolute Gasteiger partial charge is 0.343 e. The Labute approximate surface area is 171 Å². The fourth-order valence-corrected chi connectivity index (χ4v) is 3.46. The summed E-state index contributed by atoms with van der Waals surface area (Å²) in [4.78, 5) is 25.2. The molecule has 1 amide bonds. The molecule has 0 aliphatic carbocycles. The van der Waals surface area contributed by atoms with Crippen LogP contribution in [-0.4, -0.2) is 18.1 Å². The second kappa shape index (κ2) is 8.50. The molecule has 142 valence electrons. The highest BCUT2D eigenvalue weighted by molar-refractivity contribution is 7.12. The summed E-state index contributed by atoms with van der Waals surface area (Å²) in [6, 6.07) is 23.6. The minimum absolute atomic E-state index is 0.292. The largest absolute Gasteiger partial charge is 0.422 e. The van der Waals surface area contributed by atoms with E-state index < -0.39 is 5.97 Å².